The van der Waals surface area contributed by atoms with E-state index in [-0.39, 0.29) is 0 Å². The highest BCUT2D eigenvalue weighted by Crippen LogP contribution is 2.29. The number of hydrogen-bond acceptors (Lipinski definition) is 4. The van der Waals surface area contributed by atoms with Gasteiger partial charge in [0.25, 0.3) is 0 Å². The Hall–Kier alpha value is -1.55. The molecule has 0 saturated heterocycles. The minimum Gasteiger partial charge on any atom is -0.399 e. The molecule has 0 amide bonds. The average molecular weight is 217 g/mol. The van der Waals surface area contributed by atoms with E-state index in [1.807, 2.05) is 25.1 Å². The van der Waals surface area contributed by atoms with Crippen molar-refractivity contribution in [2.45, 2.75) is 16.8 Å². The molecule has 3 nitrogen and oxygen atoms in total. The van der Waals surface area contributed by atoms with Gasteiger partial charge in [-0.15, -0.1) is 0 Å². The van der Waals surface area contributed by atoms with E-state index in [9.17, 15) is 0 Å². The molecule has 1 aromatic carbocycles. The summed E-state index contributed by atoms with van der Waals surface area (Å²) in [4.78, 5) is 9.38. The first-order valence-electron chi connectivity index (χ1n) is 4.56. The molecule has 4 heteroatoms. The number of benzene rings is 1. The molecule has 1 aromatic heterocycles. The van der Waals surface area contributed by atoms with Crippen LogP contribution in [0, 0.1) is 6.92 Å². The third-order valence-corrected chi connectivity index (χ3v) is 3.05. The van der Waals surface area contributed by atoms with Gasteiger partial charge < -0.3 is 5.73 Å². The highest BCUT2D eigenvalue weighted by molar-refractivity contribution is 7.99. The second-order valence-electron chi connectivity index (χ2n) is 3.17. The lowest BCUT2D eigenvalue weighted by atomic mass is 10.2. The molecular weight excluding hydrogens is 206 g/mol. The molecule has 0 aliphatic carbocycles. The van der Waals surface area contributed by atoms with Crippen molar-refractivity contribution in [1.29, 1.82) is 0 Å². The Balaban J connectivity index is 2.25. The Kier molecular flexibility index (Phi) is 2.87. The number of rotatable bonds is 2. The fraction of sp³-hybridized carbons (Fsp3) is 0.0909. The Bertz CT molecular complexity index is 457. The van der Waals surface area contributed by atoms with Crippen LogP contribution in [0.4, 0.5) is 5.69 Å². The number of nitrogens with zero attached hydrogens (tertiary/aromatic N) is 2. The normalized spacial score (nSPS) is 10.2. The van der Waals surface area contributed by atoms with Crippen LogP contribution in [-0.2, 0) is 0 Å². The molecule has 2 aromatic rings. The molecule has 2 rings (SSSR count). The first kappa shape index (κ1) is 9.98. The van der Waals surface area contributed by atoms with E-state index in [1.165, 1.54) is 0 Å². The van der Waals surface area contributed by atoms with Crippen molar-refractivity contribution in [3.63, 3.8) is 0 Å². The van der Waals surface area contributed by atoms with Gasteiger partial charge in [-0.3, -0.25) is 4.98 Å². The van der Waals surface area contributed by atoms with Crippen molar-refractivity contribution in [2.75, 3.05) is 5.73 Å². The molecule has 15 heavy (non-hydrogen) atoms. The average Bonchev–Trinajstić information content (AvgIpc) is 2.24. The molecule has 0 fully saturated rings. The molecule has 0 aliphatic heterocycles. The monoisotopic (exact) mass is 217 g/mol. The summed E-state index contributed by atoms with van der Waals surface area (Å²) in [5.41, 5.74) is 7.63. The number of hydrogen-bond donors (Lipinski definition) is 1. The van der Waals surface area contributed by atoms with Crippen molar-refractivity contribution in [3.05, 3.63) is 42.4 Å². The summed E-state index contributed by atoms with van der Waals surface area (Å²) < 4.78 is 0. The molecular formula is C11H11N3S. The lowest BCUT2D eigenvalue weighted by Gasteiger charge is -2.04. The van der Waals surface area contributed by atoms with Crippen LogP contribution in [0.3, 0.4) is 0 Å². The summed E-state index contributed by atoms with van der Waals surface area (Å²) in [6, 6.07) is 5.86. The fourth-order valence-electron chi connectivity index (χ4n) is 1.24. The number of anilines is 1. The third-order valence-electron chi connectivity index (χ3n) is 1.95. The molecule has 0 radical (unpaired) electrons. The van der Waals surface area contributed by atoms with E-state index in [4.69, 9.17) is 5.73 Å². The Morgan fingerprint density at radius 1 is 1.27 bits per heavy atom. The topological polar surface area (TPSA) is 51.8 Å². The fourth-order valence-corrected chi connectivity index (χ4v) is 2.05. The summed E-state index contributed by atoms with van der Waals surface area (Å²) in [6.45, 7) is 2.04. The van der Waals surface area contributed by atoms with Gasteiger partial charge in [0.1, 0.15) is 5.03 Å². The zero-order chi connectivity index (χ0) is 10.7. The van der Waals surface area contributed by atoms with E-state index in [0.29, 0.717) is 0 Å². The van der Waals surface area contributed by atoms with Gasteiger partial charge in [-0.1, -0.05) is 11.8 Å². The van der Waals surface area contributed by atoms with Crippen LogP contribution in [0.5, 0.6) is 0 Å². The quantitative estimate of drug-likeness (QED) is 0.785. The van der Waals surface area contributed by atoms with Crippen LogP contribution in [-0.4, -0.2) is 9.97 Å². The molecule has 0 atom stereocenters. The van der Waals surface area contributed by atoms with Crippen molar-refractivity contribution in [1.82, 2.24) is 9.97 Å². The van der Waals surface area contributed by atoms with Crippen molar-refractivity contribution >= 4 is 17.4 Å². The minimum atomic E-state index is 0.788. The highest BCUT2D eigenvalue weighted by Gasteiger charge is 2.02. The van der Waals surface area contributed by atoms with Gasteiger partial charge in [0.05, 0.1) is 6.20 Å². The molecule has 0 spiro atoms. The predicted molar refractivity (Wildman–Crippen MR) is 61.7 cm³/mol. The van der Waals surface area contributed by atoms with Crippen LogP contribution in [0.15, 0.2) is 46.7 Å². The summed E-state index contributed by atoms with van der Waals surface area (Å²) in [7, 11) is 0. The maximum absolute atomic E-state index is 5.68. The summed E-state index contributed by atoms with van der Waals surface area (Å²) in [6.07, 6.45) is 5.11. The number of nitrogen functional groups attached to an aromatic ring is 1. The van der Waals surface area contributed by atoms with Gasteiger partial charge in [-0.25, -0.2) is 4.98 Å². The van der Waals surface area contributed by atoms with E-state index in [2.05, 4.69) is 9.97 Å². The van der Waals surface area contributed by atoms with Crippen molar-refractivity contribution in [2.24, 2.45) is 0 Å². The second-order valence-corrected chi connectivity index (χ2v) is 4.23. The predicted octanol–water partition coefficient (Wildman–Crippen LogP) is 2.52. The van der Waals surface area contributed by atoms with Gasteiger partial charge in [-0.2, -0.15) is 0 Å². The standard InChI is InChI=1S/C11H11N3S/c1-8-6-9(12)2-3-10(8)15-11-7-13-4-5-14-11/h2-7H,12H2,1H3. The summed E-state index contributed by atoms with van der Waals surface area (Å²) in [5.74, 6) is 0. The van der Waals surface area contributed by atoms with Gasteiger partial charge in [-0.05, 0) is 30.7 Å². The molecule has 76 valence electrons. The highest BCUT2D eigenvalue weighted by atomic mass is 32.2. The van der Waals surface area contributed by atoms with E-state index in [0.717, 1.165) is 21.2 Å². The first-order chi connectivity index (χ1) is 7.25. The van der Waals surface area contributed by atoms with E-state index >= 15 is 0 Å². The number of nitrogens with two attached hydrogens (primary N) is 1. The van der Waals surface area contributed by atoms with Crippen molar-refractivity contribution < 1.29 is 0 Å². The first-order valence-corrected chi connectivity index (χ1v) is 5.37. The summed E-state index contributed by atoms with van der Waals surface area (Å²) in [5, 5.41) is 0.894. The third kappa shape index (κ3) is 2.47. The van der Waals surface area contributed by atoms with Crippen LogP contribution in [0.25, 0.3) is 0 Å². The molecule has 2 N–H and O–H groups in total. The smallest absolute Gasteiger partial charge is 0.119 e. The number of aryl methyl sites for hydroxylation is 1. The van der Waals surface area contributed by atoms with Crippen LogP contribution in [0.1, 0.15) is 5.56 Å². The van der Waals surface area contributed by atoms with Gasteiger partial charge in [0, 0.05) is 23.0 Å². The maximum Gasteiger partial charge on any atom is 0.119 e. The van der Waals surface area contributed by atoms with Gasteiger partial charge in [0.15, 0.2) is 0 Å². The Morgan fingerprint density at radius 3 is 2.80 bits per heavy atom. The maximum atomic E-state index is 5.68. The van der Waals surface area contributed by atoms with E-state index < -0.39 is 0 Å². The largest absolute Gasteiger partial charge is 0.399 e. The number of aromatic nitrogens is 2. The van der Waals surface area contributed by atoms with Crippen LogP contribution >= 0.6 is 11.8 Å². The van der Waals surface area contributed by atoms with Crippen LogP contribution < -0.4 is 5.73 Å². The zero-order valence-corrected chi connectivity index (χ0v) is 9.16. The van der Waals surface area contributed by atoms with Gasteiger partial charge >= 0.3 is 0 Å². The van der Waals surface area contributed by atoms with Gasteiger partial charge in [0.2, 0.25) is 0 Å². The Morgan fingerprint density at radius 2 is 2.13 bits per heavy atom. The second kappa shape index (κ2) is 4.31. The molecule has 0 bridgehead atoms. The zero-order valence-electron chi connectivity index (χ0n) is 8.34. The molecule has 0 saturated carbocycles. The lowest BCUT2D eigenvalue weighted by Crippen LogP contribution is -1.88. The molecule has 1 heterocycles. The summed E-state index contributed by atoms with van der Waals surface area (Å²) >= 11 is 1.59. The Labute approximate surface area is 92.8 Å². The van der Waals surface area contributed by atoms with Crippen molar-refractivity contribution in [3.8, 4) is 0 Å². The molecule has 0 aliphatic rings. The van der Waals surface area contributed by atoms with Crippen LogP contribution in [0.2, 0.25) is 0 Å². The lowest BCUT2D eigenvalue weighted by molar-refractivity contribution is 1.05. The minimum absolute atomic E-state index is 0.788. The van der Waals surface area contributed by atoms with E-state index in [1.54, 1.807) is 30.4 Å². The molecule has 0 unspecified atom stereocenters. The SMILES string of the molecule is Cc1cc(N)ccc1Sc1cnccn1.